The van der Waals surface area contributed by atoms with E-state index < -0.39 is 29.3 Å². The maximum absolute atomic E-state index is 12.4. The van der Waals surface area contributed by atoms with Gasteiger partial charge in [-0.1, -0.05) is 0 Å². The molecule has 0 aromatic heterocycles. The molecule has 0 aromatic rings. The fourth-order valence-corrected chi connectivity index (χ4v) is 2.13. The molecule has 1 fully saturated rings. The van der Waals surface area contributed by atoms with E-state index in [4.69, 9.17) is 14.2 Å². The Balaban J connectivity index is 2.77. The lowest BCUT2D eigenvalue weighted by molar-refractivity contribution is -0.159. The van der Waals surface area contributed by atoms with Crippen LogP contribution >= 0.6 is 0 Å². The summed E-state index contributed by atoms with van der Waals surface area (Å²) < 4.78 is 15.7. The quantitative estimate of drug-likeness (QED) is 0.765. The Hall–Kier alpha value is -1.83. The van der Waals surface area contributed by atoms with Crippen LogP contribution in [0.4, 0.5) is 4.79 Å². The minimum absolute atomic E-state index is 0.186. The van der Waals surface area contributed by atoms with E-state index in [1.165, 1.54) is 0 Å². The first kappa shape index (κ1) is 21.2. The lowest BCUT2D eigenvalue weighted by Crippen LogP contribution is -2.50. The van der Waals surface area contributed by atoms with Crippen LogP contribution in [-0.4, -0.2) is 66.4 Å². The van der Waals surface area contributed by atoms with Crippen molar-refractivity contribution in [1.29, 1.82) is 0 Å². The molecule has 1 atom stereocenters. The molecule has 1 aliphatic heterocycles. The second-order valence-electron chi connectivity index (χ2n) is 7.93. The van der Waals surface area contributed by atoms with E-state index in [-0.39, 0.29) is 12.3 Å². The molecule has 1 rings (SSSR count). The van der Waals surface area contributed by atoms with Gasteiger partial charge in [-0.15, -0.1) is 0 Å². The van der Waals surface area contributed by atoms with Gasteiger partial charge in [-0.25, -0.2) is 9.59 Å². The molecule has 1 saturated heterocycles. The van der Waals surface area contributed by atoms with Crippen LogP contribution in [0.3, 0.4) is 0 Å². The fraction of sp³-hybridized carbons (Fsp3) is 0.824. The molecule has 1 heterocycles. The number of esters is 1. The van der Waals surface area contributed by atoms with Gasteiger partial charge in [0.15, 0.2) is 0 Å². The van der Waals surface area contributed by atoms with Gasteiger partial charge >= 0.3 is 12.1 Å². The van der Waals surface area contributed by atoms with Gasteiger partial charge < -0.3 is 24.4 Å². The molecule has 0 saturated carbocycles. The predicted molar refractivity (Wildman–Crippen MR) is 91.0 cm³/mol. The molecule has 0 aliphatic carbocycles. The van der Waals surface area contributed by atoms with Crippen molar-refractivity contribution < 1.29 is 28.6 Å². The molecular weight excluding hydrogens is 328 g/mol. The highest BCUT2D eigenvalue weighted by Gasteiger charge is 2.32. The third-order valence-electron chi connectivity index (χ3n) is 3.12. The molecular formula is C17H30N2O6. The summed E-state index contributed by atoms with van der Waals surface area (Å²) in [4.78, 5) is 38.4. The first-order chi connectivity index (χ1) is 11.4. The number of morpholine rings is 1. The number of hydrogen-bond acceptors (Lipinski definition) is 6. The Morgan fingerprint density at radius 3 is 2.00 bits per heavy atom. The first-order valence-electron chi connectivity index (χ1n) is 8.45. The fourth-order valence-electron chi connectivity index (χ4n) is 2.13. The zero-order valence-corrected chi connectivity index (χ0v) is 16.0. The summed E-state index contributed by atoms with van der Waals surface area (Å²) in [6.07, 6.45) is -0.952. The van der Waals surface area contributed by atoms with Crippen molar-refractivity contribution in [3.05, 3.63) is 0 Å². The Bertz CT molecular complexity index is 486. The summed E-state index contributed by atoms with van der Waals surface area (Å²) in [5, 5.41) is 2.45. The maximum atomic E-state index is 12.4. The van der Waals surface area contributed by atoms with Gasteiger partial charge in [0, 0.05) is 13.1 Å². The molecule has 2 amide bonds. The van der Waals surface area contributed by atoms with Gasteiger partial charge in [0.1, 0.15) is 17.2 Å². The van der Waals surface area contributed by atoms with Gasteiger partial charge in [0.05, 0.1) is 19.6 Å². The van der Waals surface area contributed by atoms with E-state index >= 15 is 0 Å². The highest BCUT2D eigenvalue weighted by molar-refractivity contribution is 5.88. The van der Waals surface area contributed by atoms with Crippen molar-refractivity contribution in [2.45, 2.75) is 65.2 Å². The number of rotatable bonds is 4. The van der Waals surface area contributed by atoms with Crippen LogP contribution in [0.2, 0.25) is 0 Å². The number of amides is 2. The largest absolute Gasteiger partial charge is 0.458 e. The number of nitrogens with one attached hydrogen (secondary N) is 1. The second kappa shape index (κ2) is 8.51. The average Bonchev–Trinajstić information content (AvgIpc) is 2.43. The van der Waals surface area contributed by atoms with E-state index in [1.54, 1.807) is 46.4 Å². The monoisotopic (exact) mass is 358 g/mol. The van der Waals surface area contributed by atoms with E-state index in [2.05, 4.69) is 5.32 Å². The van der Waals surface area contributed by atoms with Crippen molar-refractivity contribution in [3.8, 4) is 0 Å². The summed E-state index contributed by atoms with van der Waals surface area (Å²) >= 11 is 0. The summed E-state index contributed by atoms with van der Waals surface area (Å²) in [6.45, 7) is 12.2. The number of nitrogens with zero attached hydrogens (tertiary/aromatic N) is 1. The predicted octanol–water partition coefficient (Wildman–Crippen LogP) is 1.47. The highest BCUT2D eigenvalue weighted by Crippen LogP contribution is 2.13. The van der Waals surface area contributed by atoms with Crippen LogP contribution in [0, 0.1) is 0 Å². The first-order valence-corrected chi connectivity index (χ1v) is 8.45. The van der Waals surface area contributed by atoms with Crippen LogP contribution < -0.4 is 5.32 Å². The number of alkyl carbamates (subject to hydrolysis) is 1. The van der Waals surface area contributed by atoms with Gasteiger partial charge in [-0.2, -0.15) is 0 Å². The lowest BCUT2D eigenvalue weighted by atomic mass is 10.1. The van der Waals surface area contributed by atoms with Gasteiger partial charge in [0.25, 0.3) is 0 Å². The molecule has 1 aliphatic rings. The van der Waals surface area contributed by atoms with E-state index in [0.29, 0.717) is 26.3 Å². The maximum Gasteiger partial charge on any atom is 0.408 e. The SMILES string of the molecule is CC(C)(C)OC(=O)N[C@H](CC(=O)N1CCOCC1)C(=O)OC(C)(C)C. The van der Waals surface area contributed by atoms with Crippen LogP contribution in [-0.2, 0) is 23.8 Å². The van der Waals surface area contributed by atoms with Crippen molar-refractivity contribution in [2.24, 2.45) is 0 Å². The number of ether oxygens (including phenoxy) is 3. The lowest BCUT2D eigenvalue weighted by Gasteiger charge is -2.30. The highest BCUT2D eigenvalue weighted by atomic mass is 16.6. The second-order valence-corrected chi connectivity index (χ2v) is 7.93. The molecule has 8 heteroatoms. The average molecular weight is 358 g/mol. The summed E-state index contributed by atoms with van der Waals surface area (Å²) in [5.41, 5.74) is -1.44. The molecule has 0 spiro atoms. The minimum Gasteiger partial charge on any atom is -0.458 e. The minimum atomic E-state index is -1.11. The van der Waals surface area contributed by atoms with Crippen molar-refractivity contribution in [3.63, 3.8) is 0 Å². The van der Waals surface area contributed by atoms with Crippen LogP contribution in [0.25, 0.3) is 0 Å². The van der Waals surface area contributed by atoms with E-state index in [0.717, 1.165) is 0 Å². The number of carbonyl (C=O) groups excluding carboxylic acids is 3. The van der Waals surface area contributed by atoms with Crippen LogP contribution in [0.15, 0.2) is 0 Å². The van der Waals surface area contributed by atoms with Gasteiger partial charge in [-0.3, -0.25) is 4.79 Å². The van der Waals surface area contributed by atoms with E-state index in [9.17, 15) is 14.4 Å². The third kappa shape index (κ3) is 8.72. The zero-order valence-electron chi connectivity index (χ0n) is 16.0. The Morgan fingerprint density at radius 1 is 1.00 bits per heavy atom. The Kier molecular flexibility index (Phi) is 7.22. The van der Waals surface area contributed by atoms with Crippen molar-refractivity contribution >= 4 is 18.0 Å². The summed E-state index contributed by atoms with van der Waals surface area (Å²) in [6, 6.07) is -1.11. The molecule has 0 aromatic carbocycles. The van der Waals surface area contributed by atoms with Crippen LogP contribution in [0.1, 0.15) is 48.0 Å². The molecule has 0 radical (unpaired) electrons. The smallest absolute Gasteiger partial charge is 0.408 e. The molecule has 0 unspecified atom stereocenters. The third-order valence-corrected chi connectivity index (χ3v) is 3.12. The van der Waals surface area contributed by atoms with Gasteiger partial charge in [-0.05, 0) is 41.5 Å². The molecule has 144 valence electrons. The topological polar surface area (TPSA) is 94.2 Å². The summed E-state index contributed by atoms with van der Waals surface area (Å²) in [5.74, 6) is -0.907. The molecule has 1 N–H and O–H groups in total. The van der Waals surface area contributed by atoms with E-state index in [1.807, 2.05) is 0 Å². The number of hydrogen-bond donors (Lipinski definition) is 1. The van der Waals surface area contributed by atoms with Gasteiger partial charge in [0.2, 0.25) is 5.91 Å². The van der Waals surface area contributed by atoms with Crippen molar-refractivity contribution in [2.75, 3.05) is 26.3 Å². The van der Waals surface area contributed by atoms with Crippen LogP contribution in [0.5, 0.6) is 0 Å². The number of carbonyl (C=O) groups is 3. The summed E-state index contributed by atoms with van der Waals surface area (Å²) in [7, 11) is 0. The normalized spacial score (nSPS) is 16.8. The standard InChI is InChI=1S/C17H30N2O6/c1-16(2,3)24-14(21)12(18-15(22)25-17(4,5)6)11-13(20)19-7-9-23-10-8-19/h12H,7-11H2,1-6H3,(H,18,22)/t12-/m1/s1. The Morgan fingerprint density at radius 2 is 1.52 bits per heavy atom. The molecule has 8 nitrogen and oxygen atoms in total. The zero-order chi connectivity index (χ0) is 19.3. The molecule has 0 bridgehead atoms. The van der Waals surface area contributed by atoms with Crippen molar-refractivity contribution in [1.82, 2.24) is 10.2 Å². The molecule has 25 heavy (non-hydrogen) atoms. The Labute approximate surface area is 149 Å².